The maximum Gasteiger partial charge on any atom is 0.244 e. The highest BCUT2D eigenvalue weighted by atomic mass is 32.2. The molecular formula is C13H22N2O2S2. The summed E-state index contributed by atoms with van der Waals surface area (Å²) in [6.07, 6.45) is 0.965. The molecule has 2 heterocycles. The van der Waals surface area contributed by atoms with Gasteiger partial charge in [-0.25, -0.2) is 8.42 Å². The van der Waals surface area contributed by atoms with Crippen LogP contribution in [0.5, 0.6) is 0 Å². The molecule has 1 aromatic heterocycles. The van der Waals surface area contributed by atoms with Gasteiger partial charge in [-0.05, 0) is 31.9 Å². The van der Waals surface area contributed by atoms with Crippen LogP contribution in [-0.4, -0.2) is 32.4 Å². The lowest BCUT2D eigenvalue weighted by Gasteiger charge is -2.15. The first-order valence-electron chi connectivity index (χ1n) is 6.75. The Morgan fingerprint density at radius 2 is 2.26 bits per heavy atom. The largest absolute Gasteiger partial charge is 0.312 e. The molecule has 1 N–H and O–H groups in total. The number of sulfonamides is 1. The lowest BCUT2D eigenvalue weighted by molar-refractivity contribution is 0.464. The van der Waals surface area contributed by atoms with E-state index >= 15 is 0 Å². The standard InChI is InChI=1S/C13H22N2O2S2/c1-4-14-8-12-7-13(11(3)18-12)19(16,17)15-6-5-10(2)9-15/h7,10,14H,4-6,8-9H2,1-3H3. The highest BCUT2D eigenvalue weighted by Gasteiger charge is 2.32. The van der Waals surface area contributed by atoms with E-state index in [-0.39, 0.29) is 0 Å². The molecule has 1 saturated heterocycles. The highest BCUT2D eigenvalue weighted by molar-refractivity contribution is 7.89. The molecule has 2 rings (SSSR count). The lowest BCUT2D eigenvalue weighted by Crippen LogP contribution is -2.28. The molecule has 1 fully saturated rings. The van der Waals surface area contributed by atoms with E-state index in [0.717, 1.165) is 29.3 Å². The molecule has 0 aliphatic carbocycles. The van der Waals surface area contributed by atoms with Crippen molar-refractivity contribution in [1.29, 1.82) is 0 Å². The smallest absolute Gasteiger partial charge is 0.244 e. The Balaban J connectivity index is 2.23. The Bertz CT molecular complexity index is 537. The van der Waals surface area contributed by atoms with Gasteiger partial charge in [-0.2, -0.15) is 4.31 Å². The van der Waals surface area contributed by atoms with Crippen molar-refractivity contribution in [3.8, 4) is 0 Å². The van der Waals surface area contributed by atoms with Crippen molar-refractivity contribution in [2.24, 2.45) is 5.92 Å². The van der Waals surface area contributed by atoms with E-state index in [4.69, 9.17) is 0 Å². The van der Waals surface area contributed by atoms with Gasteiger partial charge >= 0.3 is 0 Å². The number of thiophene rings is 1. The van der Waals surface area contributed by atoms with Crippen molar-refractivity contribution in [3.63, 3.8) is 0 Å². The molecule has 1 atom stereocenters. The van der Waals surface area contributed by atoms with Crippen molar-refractivity contribution in [3.05, 3.63) is 15.8 Å². The number of aryl methyl sites for hydroxylation is 1. The summed E-state index contributed by atoms with van der Waals surface area (Å²) in [5, 5.41) is 3.24. The summed E-state index contributed by atoms with van der Waals surface area (Å²) in [5.41, 5.74) is 0. The lowest BCUT2D eigenvalue weighted by atomic mass is 10.2. The predicted octanol–water partition coefficient (Wildman–Crippen LogP) is 2.20. The molecule has 0 radical (unpaired) electrons. The second-order valence-electron chi connectivity index (χ2n) is 5.17. The van der Waals surface area contributed by atoms with E-state index in [1.165, 1.54) is 0 Å². The van der Waals surface area contributed by atoms with Gasteiger partial charge in [0.2, 0.25) is 10.0 Å². The van der Waals surface area contributed by atoms with E-state index in [9.17, 15) is 8.42 Å². The third-order valence-electron chi connectivity index (χ3n) is 3.48. The van der Waals surface area contributed by atoms with Gasteiger partial charge in [0.15, 0.2) is 0 Å². The number of nitrogens with one attached hydrogen (secondary N) is 1. The monoisotopic (exact) mass is 302 g/mol. The summed E-state index contributed by atoms with van der Waals surface area (Å²) >= 11 is 1.57. The zero-order valence-corrected chi connectivity index (χ0v) is 13.4. The normalized spacial score (nSPS) is 21.1. The van der Waals surface area contributed by atoms with Crippen LogP contribution in [0.4, 0.5) is 0 Å². The summed E-state index contributed by atoms with van der Waals surface area (Å²) in [7, 11) is -3.29. The van der Waals surface area contributed by atoms with Gasteiger partial charge in [0.05, 0.1) is 4.90 Å². The molecule has 0 saturated carbocycles. The Labute approximate surface area is 119 Å². The van der Waals surface area contributed by atoms with E-state index in [0.29, 0.717) is 23.9 Å². The first kappa shape index (κ1) is 15.0. The maximum atomic E-state index is 12.6. The Kier molecular flexibility index (Phi) is 4.66. The molecule has 1 unspecified atom stereocenters. The molecule has 1 aliphatic rings. The minimum absolute atomic E-state index is 0.468. The molecule has 1 aliphatic heterocycles. The van der Waals surface area contributed by atoms with Crippen LogP contribution in [-0.2, 0) is 16.6 Å². The van der Waals surface area contributed by atoms with E-state index in [1.807, 2.05) is 19.9 Å². The zero-order valence-electron chi connectivity index (χ0n) is 11.8. The van der Waals surface area contributed by atoms with E-state index in [1.54, 1.807) is 15.6 Å². The summed E-state index contributed by atoms with van der Waals surface area (Å²) in [6.45, 7) is 8.99. The second-order valence-corrected chi connectivity index (χ2v) is 8.42. The van der Waals surface area contributed by atoms with Gasteiger partial charge in [0, 0.05) is 29.4 Å². The van der Waals surface area contributed by atoms with Gasteiger partial charge in [0.1, 0.15) is 0 Å². The van der Waals surface area contributed by atoms with Crippen molar-refractivity contribution in [1.82, 2.24) is 9.62 Å². The fourth-order valence-corrected chi connectivity index (χ4v) is 5.52. The van der Waals surface area contributed by atoms with Gasteiger partial charge in [-0.15, -0.1) is 11.3 Å². The average Bonchev–Trinajstić information content (AvgIpc) is 2.93. The Morgan fingerprint density at radius 3 is 2.84 bits per heavy atom. The minimum Gasteiger partial charge on any atom is -0.312 e. The molecule has 0 spiro atoms. The van der Waals surface area contributed by atoms with Crippen molar-refractivity contribution in [2.45, 2.75) is 38.6 Å². The predicted molar refractivity (Wildman–Crippen MR) is 79.0 cm³/mol. The fraction of sp³-hybridized carbons (Fsp3) is 0.692. The first-order valence-corrected chi connectivity index (χ1v) is 9.01. The molecule has 0 aromatic carbocycles. The molecule has 1 aromatic rings. The van der Waals surface area contributed by atoms with E-state index < -0.39 is 10.0 Å². The SMILES string of the molecule is CCNCc1cc(S(=O)(=O)N2CCC(C)C2)c(C)s1. The van der Waals surface area contributed by atoms with Crippen LogP contribution < -0.4 is 5.32 Å². The van der Waals surface area contributed by atoms with Crippen molar-refractivity contribution < 1.29 is 8.42 Å². The number of hydrogen-bond donors (Lipinski definition) is 1. The first-order chi connectivity index (χ1) is 8.95. The number of hydrogen-bond acceptors (Lipinski definition) is 4. The van der Waals surface area contributed by atoms with Crippen LogP contribution in [0.2, 0.25) is 0 Å². The van der Waals surface area contributed by atoms with E-state index in [2.05, 4.69) is 12.2 Å². The maximum absolute atomic E-state index is 12.6. The average molecular weight is 302 g/mol. The van der Waals surface area contributed by atoms with Crippen LogP contribution in [0.25, 0.3) is 0 Å². The fourth-order valence-electron chi connectivity index (χ4n) is 2.37. The zero-order chi connectivity index (χ0) is 14.0. The third-order valence-corrected chi connectivity index (χ3v) is 6.65. The minimum atomic E-state index is -3.29. The van der Waals surface area contributed by atoms with Gasteiger partial charge < -0.3 is 5.32 Å². The topological polar surface area (TPSA) is 49.4 Å². The molecular weight excluding hydrogens is 280 g/mol. The van der Waals surface area contributed by atoms with Gasteiger partial charge in [0.25, 0.3) is 0 Å². The summed E-state index contributed by atoms with van der Waals surface area (Å²) in [4.78, 5) is 2.48. The summed E-state index contributed by atoms with van der Waals surface area (Å²) in [5.74, 6) is 0.468. The molecule has 0 bridgehead atoms. The number of rotatable bonds is 5. The molecule has 4 nitrogen and oxygen atoms in total. The molecule has 19 heavy (non-hydrogen) atoms. The summed E-state index contributed by atoms with van der Waals surface area (Å²) < 4.78 is 26.8. The van der Waals surface area contributed by atoms with Gasteiger partial charge in [-0.3, -0.25) is 0 Å². The highest BCUT2D eigenvalue weighted by Crippen LogP contribution is 2.30. The van der Waals surface area contributed by atoms with Crippen LogP contribution >= 0.6 is 11.3 Å². The van der Waals surface area contributed by atoms with Gasteiger partial charge in [-0.1, -0.05) is 13.8 Å². The number of nitrogens with zero attached hydrogens (tertiary/aromatic N) is 1. The Morgan fingerprint density at radius 1 is 1.53 bits per heavy atom. The van der Waals surface area contributed by atoms with Crippen molar-refractivity contribution >= 4 is 21.4 Å². The van der Waals surface area contributed by atoms with Crippen molar-refractivity contribution in [2.75, 3.05) is 19.6 Å². The molecule has 6 heteroatoms. The van der Waals surface area contributed by atoms with Crippen LogP contribution in [0.15, 0.2) is 11.0 Å². The molecule has 0 amide bonds. The van der Waals surface area contributed by atoms with Crippen LogP contribution in [0, 0.1) is 12.8 Å². The second kappa shape index (κ2) is 5.91. The third kappa shape index (κ3) is 3.18. The van der Waals surface area contributed by atoms with Crippen LogP contribution in [0.3, 0.4) is 0 Å². The Hall–Kier alpha value is -0.430. The summed E-state index contributed by atoms with van der Waals surface area (Å²) in [6, 6.07) is 1.83. The molecule has 108 valence electrons. The quantitative estimate of drug-likeness (QED) is 0.907. The van der Waals surface area contributed by atoms with Crippen LogP contribution in [0.1, 0.15) is 30.0 Å².